The summed E-state index contributed by atoms with van der Waals surface area (Å²) in [5.41, 5.74) is 4.08. The van der Waals surface area contributed by atoms with Crippen LogP contribution in [0.1, 0.15) is 57.3 Å². The number of aryl methyl sites for hydroxylation is 1. The Morgan fingerprint density at radius 3 is 2.45 bits per heavy atom. The van der Waals surface area contributed by atoms with Gasteiger partial charge in [0.1, 0.15) is 17.5 Å². The first-order chi connectivity index (χ1) is 9.58. The Morgan fingerprint density at radius 2 is 1.85 bits per heavy atom. The van der Waals surface area contributed by atoms with Crippen LogP contribution in [0.3, 0.4) is 0 Å². The molecule has 0 aromatic carbocycles. The number of hydrogen-bond donors (Lipinski definition) is 3. The van der Waals surface area contributed by atoms with Crippen molar-refractivity contribution in [3.05, 3.63) is 11.4 Å². The number of rotatable bonds is 6. The normalized spacial score (nSPS) is 17.2. The minimum atomic E-state index is 0.401. The Bertz CT molecular complexity index is 452. The van der Waals surface area contributed by atoms with Gasteiger partial charge in [0.25, 0.3) is 0 Å². The highest BCUT2D eigenvalue weighted by molar-refractivity contribution is 5.56. The van der Waals surface area contributed by atoms with Gasteiger partial charge >= 0.3 is 0 Å². The molecule has 112 valence electrons. The summed E-state index contributed by atoms with van der Waals surface area (Å²) in [6.45, 7) is 7.47. The Balaban J connectivity index is 2.14. The molecular formula is C15H27N5. The van der Waals surface area contributed by atoms with Gasteiger partial charge in [-0.15, -0.1) is 0 Å². The molecule has 5 nitrogen and oxygen atoms in total. The van der Waals surface area contributed by atoms with E-state index >= 15 is 0 Å². The Morgan fingerprint density at radius 1 is 1.20 bits per heavy atom. The van der Waals surface area contributed by atoms with Crippen molar-refractivity contribution in [3.8, 4) is 0 Å². The summed E-state index contributed by atoms with van der Waals surface area (Å²) >= 11 is 0. The molecule has 5 heteroatoms. The molecule has 0 bridgehead atoms. The number of nitrogens with two attached hydrogens (primary N) is 1. The highest BCUT2D eigenvalue weighted by Crippen LogP contribution is 2.37. The number of nitrogen functional groups attached to an aromatic ring is 1. The third kappa shape index (κ3) is 3.39. The summed E-state index contributed by atoms with van der Waals surface area (Å²) in [7, 11) is 0. The molecule has 0 aliphatic heterocycles. The summed E-state index contributed by atoms with van der Waals surface area (Å²) < 4.78 is 0. The predicted octanol–water partition coefficient (Wildman–Crippen LogP) is 3.02. The first-order valence-electron chi connectivity index (χ1n) is 7.66. The molecule has 0 spiro atoms. The van der Waals surface area contributed by atoms with Gasteiger partial charge in [0, 0.05) is 18.5 Å². The second-order valence-corrected chi connectivity index (χ2v) is 6.23. The second-order valence-electron chi connectivity index (χ2n) is 6.23. The average molecular weight is 277 g/mol. The van der Waals surface area contributed by atoms with Crippen LogP contribution in [0.2, 0.25) is 0 Å². The van der Waals surface area contributed by atoms with Crippen LogP contribution in [0.25, 0.3) is 0 Å². The monoisotopic (exact) mass is 277 g/mol. The van der Waals surface area contributed by atoms with Crippen molar-refractivity contribution in [2.24, 2.45) is 11.3 Å². The van der Waals surface area contributed by atoms with Crippen LogP contribution in [-0.2, 0) is 6.42 Å². The van der Waals surface area contributed by atoms with Gasteiger partial charge < -0.3 is 10.7 Å². The molecule has 1 heterocycles. The fourth-order valence-corrected chi connectivity index (χ4v) is 2.91. The van der Waals surface area contributed by atoms with Crippen molar-refractivity contribution in [3.63, 3.8) is 0 Å². The Hall–Kier alpha value is -1.36. The van der Waals surface area contributed by atoms with Crippen molar-refractivity contribution in [1.29, 1.82) is 0 Å². The smallest absolute Gasteiger partial charge is 0.148 e. The van der Waals surface area contributed by atoms with E-state index in [4.69, 9.17) is 5.84 Å². The van der Waals surface area contributed by atoms with E-state index in [1.807, 2.05) is 6.92 Å². The number of anilines is 2. The molecule has 1 aliphatic carbocycles. The molecule has 0 radical (unpaired) electrons. The number of nitrogens with one attached hydrogen (secondary N) is 2. The van der Waals surface area contributed by atoms with Crippen LogP contribution in [0.4, 0.5) is 11.6 Å². The van der Waals surface area contributed by atoms with Crippen LogP contribution < -0.4 is 16.6 Å². The second kappa shape index (κ2) is 6.39. The van der Waals surface area contributed by atoms with Crippen molar-refractivity contribution < 1.29 is 0 Å². The summed E-state index contributed by atoms with van der Waals surface area (Å²) in [4.78, 5) is 9.10. The van der Waals surface area contributed by atoms with Crippen LogP contribution >= 0.6 is 0 Å². The molecule has 4 N–H and O–H groups in total. The van der Waals surface area contributed by atoms with Gasteiger partial charge in [-0.2, -0.15) is 0 Å². The van der Waals surface area contributed by atoms with Crippen LogP contribution in [0.15, 0.2) is 0 Å². The molecule has 1 aliphatic rings. The summed E-state index contributed by atoms with van der Waals surface area (Å²) in [6, 6.07) is 0. The molecular weight excluding hydrogens is 250 g/mol. The number of hydrazine groups is 1. The topological polar surface area (TPSA) is 75.9 Å². The van der Waals surface area contributed by atoms with Crippen LogP contribution in [0, 0.1) is 12.3 Å². The molecule has 2 rings (SSSR count). The van der Waals surface area contributed by atoms with Gasteiger partial charge in [0.15, 0.2) is 0 Å². The van der Waals surface area contributed by atoms with E-state index in [-0.39, 0.29) is 0 Å². The van der Waals surface area contributed by atoms with Crippen molar-refractivity contribution in [2.75, 3.05) is 17.3 Å². The fourth-order valence-electron chi connectivity index (χ4n) is 2.91. The van der Waals surface area contributed by atoms with Crippen LogP contribution in [0.5, 0.6) is 0 Å². The van der Waals surface area contributed by atoms with E-state index in [1.165, 1.54) is 25.7 Å². The van der Waals surface area contributed by atoms with Gasteiger partial charge in [-0.25, -0.2) is 15.8 Å². The SMILES string of the molecule is CCCc1nc(NN)c(C)c(NCC2(C)CCCC2)n1. The maximum atomic E-state index is 5.56. The zero-order valence-corrected chi connectivity index (χ0v) is 12.9. The van der Waals surface area contributed by atoms with Gasteiger partial charge in [-0.3, -0.25) is 0 Å². The molecule has 1 saturated carbocycles. The van der Waals surface area contributed by atoms with Crippen molar-refractivity contribution in [1.82, 2.24) is 9.97 Å². The van der Waals surface area contributed by atoms with E-state index in [2.05, 4.69) is 34.6 Å². The van der Waals surface area contributed by atoms with Gasteiger partial charge in [-0.05, 0) is 31.6 Å². The number of nitrogens with zero attached hydrogens (tertiary/aromatic N) is 2. The van der Waals surface area contributed by atoms with Crippen molar-refractivity contribution >= 4 is 11.6 Å². The predicted molar refractivity (Wildman–Crippen MR) is 83.6 cm³/mol. The first-order valence-corrected chi connectivity index (χ1v) is 7.66. The molecule has 1 aromatic rings. The minimum Gasteiger partial charge on any atom is -0.369 e. The number of hydrogen-bond acceptors (Lipinski definition) is 5. The van der Waals surface area contributed by atoms with E-state index in [1.54, 1.807) is 0 Å². The van der Waals surface area contributed by atoms with Gasteiger partial charge in [0.2, 0.25) is 0 Å². The molecule has 1 aromatic heterocycles. The largest absolute Gasteiger partial charge is 0.369 e. The molecule has 1 fully saturated rings. The third-order valence-corrected chi connectivity index (χ3v) is 4.30. The maximum absolute atomic E-state index is 5.56. The Labute approximate surface area is 121 Å². The molecule has 20 heavy (non-hydrogen) atoms. The lowest BCUT2D eigenvalue weighted by Crippen LogP contribution is -2.24. The van der Waals surface area contributed by atoms with E-state index in [0.29, 0.717) is 5.41 Å². The summed E-state index contributed by atoms with van der Waals surface area (Å²) in [6.07, 6.45) is 7.20. The zero-order chi connectivity index (χ0) is 14.6. The average Bonchev–Trinajstić information content (AvgIpc) is 2.86. The summed E-state index contributed by atoms with van der Waals surface area (Å²) in [5.74, 6) is 8.06. The zero-order valence-electron chi connectivity index (χ0n) is 12.9. The fraction of sp³-hybridized carbons (Fsp3) is 0.733. The van der Waals surface area contributed by atoms with Gasteiger partial charge in [0.05, 0.1) is 0 Å². The van der Waals surface area contributed by atoms with Crippen molar-refractivity contribution in [2.45, 2.75) is 59.3 Å². The van der Waals surface area contributed by atoms with Gasteiger partial charge in [-0.1, -0.05) is 26.7 Å². The molecule has 0 saturated heterocycles. The number of aromatic nitrogens is 2. The lowest BCUT2D eigenvalue weighted by Gasteiger charge is -2.25. The molecule has 0 amide bonds. The third-order valence-electron chi connectivity index (χ3n) is 4.30. The van der Waals surface area contributed by atoms with E-state index in [9.17, 15) is 0 Å². The standard InChI is InChI=1S/C15H27N5/c1-4-7-12-18-13(11(2)14(19-12)20-16)17-10-15(3)8-5-6-9-15/h4-10,16H2,1-3H3,(H2,17,18,19,20). The molecule has 0 atom stereocenters. The molecule has 0 unspecified atom stereocenters. The highest BCUT2D eigenvalue weighted by Gasteiger charge is 2.28. The summed E-state index contributed by atoms with van der Waals surface area (Å²) in [5, 5.41) is 3.52. The minimum absolute atomic E-state index is 0.401. The van der Waals surface area contributed by atoms with Crippen LogP contribution in [-0.4, -0.2) is 16.5 Å². The maximum Gasteiger partial charge on any atom is 0.148 e. The lowest BCUT2D eigenvalue weighted by atomic mass is 9.89. The van der Waals surface area contributed by atoms with E-state index < -0.39 is 0 Å². The Kier molecular flexibility index (Phi) is 4.81. The highest BCUT2D eigenvalue weighted by atomic mass is 15.3. The lowest BCUT2D eigenvalue weighted by molar-refractivity contribution is 0.361. The van der Waals surface area contributed by atoms with E-state index in [0.717, 1.165) is 42.4 Å². The first kappa shape index (κ1) is 15.0. The quantitative estimate of drug-likeness (QED) is 0.550.